The van der Waals surface area contributed by atoms with E-state index in [-0.39, 0.29) is 16.3 Å². The lowest BCUT2D eigenvalue weighted by Crippen LogP contribution is -2.32. The lowest BCUT2D eigenvalue weighted by molar-refractivity contribution is -0.393. The van der Waals surface area contributed by atoms with E-state index < -0.39 is 44.7 Å². The number of pyridine rings is 1. The highest BCUT2D eigenvalue weighted by atomic mass is 79.9. The molecule has 0 saturated carbocycles. The summed E-state index contributed by atoms with van der Waals surface area (Å²) in [7, 11) is 0. The van der Waals surface area contributed by atoms with Crippen LogP contribution < -0.4 is 10.7 Å². The van der Waals surface area contributed by atoms with E-state index in [1.165, 1.54) is 24.5 Å². The van der Waals surface area contributed by atoms with Crippen LogP contribution in [0.2, 0.25) is 0 Å². The van der Waals surface area contributed by atoms with Crippen molar-refractivity contribution in [2.24, 2.45) is 5.10 Å². The molecule has 2 aromatic carbocycles. The van der Waals surface area contributed by atoms with Crippen LogP contribution in [0.1, 0.15) is 21.3 Å². The van der Waals surface area contributed by atoms with Crippen LogP contribution in [0.3, 0.4) is 0 Å². The number of thiazole rings is 1. The molecule has 2 heterocycles. The minimum Gasteiger partial charge on any atom is -0.315 e. The first-order chi connectivity index (χ1) is 19.7. The number of benzene rings is 2. The lowest BCUT2D eigenvalue weighted by atomic mass is 10.0. The fourth-order valence-electron chi connectivity index (χ4n) is 3.41. The van der Waals surface area contributed by atoms with E-state index in [2.05, 4.69) is 41.7 Å². The number of aromatic nitrogens is 2. The van der Waals surface area contributed by atoms with Gasteiger partial charge in [-0.15, -0.1) is 11.3 Å². The first kappa shape index (κ1) is 28.6. The van der Waals surface area contributed by atoms with Crippen molar-refractivity contribution in [1.82, 2.24) is 15.4 Å². The Hall–Kier alpha value is -5.40. The topological polar surface area (TPSA) is 206 Å². The number of nitro groups is 2. The molecule has 0 aliphatic carbocycles. The van der Waals surface area contributed by atoms with E-state index in [9.17, 15) is 35.1 Å². The number of anilines is 1. The molecule has 0 radical (unpaired) electrons. The first-order valence-electron chi connectivity index (χ1n) is 11.3. The molecule has 2 N–H and O–H groups in total. The first-order valence-corrected chi connectivity index (χ1v) is 13.0. The third-order valence-corrected chi connectivity index (χ3v) is 6.84. The Morgan fingerprint density at radius 1 is 1.05 bits per heavy atom. The van der Waals surface area contributed by atoms with E-state index >= 15 is 0 Å². The van der Waals surface area contributed by atoms with Crippen LogP contribution in [-0.2, 0) is 4.79 Å². The van der Waals surface area contributed by atoms with Crippen LogP contribution in [0.15, 0.2) is 81.9 Å². The van der Waals surface area contributed by atoms with Crippen LogP contribution in [0, 0.1) is 31.6 Å². The Kier molecular flexibility index (Phi) is 8.82. The summed E-state index contributed by atoms with van der Waals surface area (Å²) in [6.45, 7) is 0. The maximum Gasteiger partial charge on any atom is 0.299 e. The summed E-state index contributed by atoms with van der Waals surface area (Å²) in [6, 6.07) is 14.6. The molecule has 16 heteroatoms. The molecule has 4 aromatic rings. The highest BCUT2D eigenvalue weighted by molar-refractivity contribution is 9.10. The molecule has 0 aliphatic heterocycles. The molecule has 2 aromatic heterocycles. The highest BCUT2D eigenvalue weighted by Gasteiger charge is 2.30. The molecule has 0 bridgehead atoms. The van der Waals surface area contributed by atoms with E-state index in [0.29, 0.717) is 11.8 Å². The Morgan fingerprint density at radius 3 is 2.39 bits per heavy atom. The second-order valence-electron chi connectivity index (χ2n) is 7.98. The number of hydrogen-bond donors (Lipinski definition) is 2. The molecule has 0 unspecified atom stereocenters. The summed E-state index contributed by atoms with van der Waals surface area (Å²) in [6.07, 6.45) is 2.74. The van der Waals surface area contributed by atoms with E-state index in [1.54, 1.807) is 17.5 Å². The molecule has 0 aliphatic rings. The number of nitrogens with one attached hydrogen (secondary N) is 2. The zero-order valence-corrected chi connectivity index (χ0v) is 22.8. The number of carbonyl (C=O) groups excluding carboxylic acids is 2. The summed E-state index contributed by atoms with van der Waals surface area (Å²) < 4.78 is 0.850. The van der Waals surface area contributed by atoms with Gasteiger partial charge in [-0.1, -0.05) is 28.1 Å². The van der Waals surface area contributed by atoms with Crippen molar-refractivity contribution < 1.29 is 19.4 Å². The van der Waals surface area contributed by atoms with Crippen LogP contribution in [0.25, 0.3) is 11.3 Å². The number of nitriles is 1. The molecule has 4 rings (SSSR count). The van der Waals surface area contributed by atoms with Crippen LogP contribution in [0.5, 0.6) is 0 Å². The van der Waals surface area contributed by atoms with Gasteiger partial charge in [-0.2, -0.15) is 10.4 Å². The molecule has 0 saturated heterocycles. The van der Waals surface area contributed by atoms with Gasteiger partial charge in [0, 0.05) is 39.4 Å². The van der Waals surface area contributed by atoms with Gasteiger partial charge in [0.1, 0.15) is 22.3 Å². The van der Waals surface area contributed by atoms with Gasteiger partial charge in [-0.3, -0.25) is 34.8 Å². The summed E-state index contributed by atoms with van der Waals surface area (Å²) >= 11 is 4.42. The van der Waals surface area contributed by atoms with Gasteiger partial charge in [-0.25, -0.2) is 10.4 Å². The van der Waals surface area contributed by atoms with Gasteiger partial charge in [0.25, 0.3) is 23.2 Å². The van der Waals surface area contributed by atoms with Crippen molar-refractivity contribution in [1.29, 1.82) is 5.26 Å². The van der Waals surface area contributed by atoms with Gasteiger partial charge in [0.05, 0.1) is 27.7 Å². The maximum absolute atomic E-state index is 13.4. The molecule has 14 nitrogen and oxygen atoms in total. The fraction of sp³-hybridized carbons (Fsp3) is 0.0400. The standard InChI is InChI=1S/C25H15BrN8O6S/c26-16-3-1-14(2-4-16)20-13-41-25(30-20)18(12-27)22(31-32-23(35)15-7-9-28-10-8-15)24(36)29-19-6-5-17(33(37)38)11-21(19)34(39)40/h1-11,13,18H,(H,29,36)(H,32,35)/b31-22+/t18-/m1/s1. The van der Waals surface area contributed by atoms with Crippen molar-refractivity contribution in [2.45, 2.75) is 5.92 Å². The number of amides is 2. The number of nitrogens with zero attached hydrogens (tertiary/aromatic N) is 6. The summed E-state index contributed by atoms with van der Waals surface area (Å²) in [4.78, 5) is 55.2. The molecule has 0 fully saturated rings. The van der Waals surface area contributed by atoms with Crippen LogP contribution >= 0.6 is 27.3 Å². The minimum atomic E-state index is -1.40. The Morgan fingerprint density at radius 2 is 1.76 bits per heavy atom. The van der Waals surface area contributed by atoms with E-state index in [1.807, 2.05) is 18.2 Å². The molecular formula is C25H15BrN8O6S. The minimum absolute atomic E-state index is 0.162. The molecule has 204 valence electrons. The van der Waals surface area contributed by atoms with E-state index in [4.69, 9.17) is 0 Å². The predicted molar refractivity (Wildman–Crippen MR) is 151 cm³/mol. The quantitative estimate of drug-likeness (QED) is 0.147. The average molecular weight is 635 g/mol. The third-order valence-electron chi connectivity index (χ3n) is 5.40. The number of nitro benzene ring substituents is 2. The van der Waals surface area contributed by atoms with Crippen LogP contribution in [-0.4, -0.2) is 37.3 Å². The predicted octanol–water partition coefficient (Wildman–Crippen LogP) is 4.82. The van der Waals surface area contributed by atoms with Crippen LogP contribution in [0.4, 0.5) is 17.1 Å². The van der Waals surface area contributed by atoms with Gasteiger partial charge in [-0.05, 0) is 30.3 Å². The number of hydrazone groups is 1. The second kappa shape index (κ2) is 12.6. The normalized spacial score (nSPS) is 11.7. The highest BCUT2D eigenvalue weighted by Crippen LogP contribution is 2.31. The zero-order chi connectivity index (χ0) is 29.5. The Bertz CT molecular complexity index is 1720. The largest absolute Gasteiger partial charge is 0.315 e. The molecule has 0 spiro atoms. The second-order valence-corrected chi connectivity index (χ2v) is 9.79. The SMILES string of the molecule is N#C[C@H](/C(=N\NC(=O)c1ccncc1)C(=O)Nc1ccc([N+](=O)[O-])cc1[N+](=O)[O-])c1nc(-c2ccc(Br)cc2)cs1. The van der Waals surface area contributed by atoms with Gasteiger partial charge in [0.2, 0.25) is 0 Å². The van der Waals surface area contributed by atoms with Gasteiger partial charge >= 0.3 is 0 Å². The number of rotatable bonds is 9. The number of hydrogen-bond acceptors (Lipinski definition) is 11. The molecule has 41 heavy (non-hydrogen) atoms. The van der Waals surface area contributed by atoms with Crippen molar-refractivity contribution in [3.63, 3.8) is 0 Å². The summed E-state index contributed by atoms with van der Waals surface area (Å²) in [5, 5.41) is 40.7. The average Bonchev–Trinajstić information content (AvgIpc) is 3.45. The summed E-state index contributed by atoms with van der Waals surface area (Å²) in [5.74, 6) is -3.20. The lowest BCUT2D eigenvalue weighted by Gasteiger charge is -2.12. The Labute approximate surface area is 242 Å². The van der Waals surface area contributed by atoms with Crippen molar-refractivity contribution in [3.8, 4) is 17.3 Å². The number of non-ortho nitro benzene ring substituents is 1. The third kappa shape index (κ3) is 6.79. The fourth-order valence-corrected chi connectivity index (χ4v) is 4.55. The summed E-state index contributed by atoms with van der Waals surface area (Å²) in [5.41, 5.74) is 1.40. The number of halogens is 1. The monoisotopic (exact) mass is 634 g/mol. The van der Waals surface area contributed by atoms with Crippen molar-refractivity contribution >= 4 is 61.9 Å². The van der Waals surface area contributed by atoms with Gasteiger partial charge < -0.3 is 5.32 Å². The van der Waals surface area contributed by atoms with Gasteiger partial charge in [0.15, 0.2) is 0 Å². The zero-order valence-electron chi connectivity index (χ0n) is 20.4. The molecule has 1 atom stereocenters. The molecular weight excluding hydrogens is 620 g/mol. The number of carbonyl (C=O) groups is 2. The molecule has 2 amide bonds. The Balaban J connectivity index is 1.71. The van der Waals surface area contributed by atoms with Crippen molar-refractivity contribution in [2.75, 3.05) is 5.32 Å². The smallest absolute Gasteiger partial charge is 0.299 e. The maximum atomic E-state index is 13.4. The van der Waals surface area contributed by atoms with Crippen molar-refractivity contribution in [3.05, 3.63) is 108 Å². The van der Waals surface area contributed by atoms with E-state index in [0.717, 1.165) is 33.5 Å².